The molecule has 0 amide bonds. The molecule has 0 bridgehead atoms. The maximum absolute atomic E-state index is 11.4. The van der Waals surface area contributed by atoms with Crippen LogP contribution in [-0.2, 0) is 4.79 Å². The van der Waals surface area contributed by atoms with E-state index in [1.807, 2.05) is 29.1 Å². The van der Waals surface area contributed by atoms with Gasteiger partial charge in [0.1, 0.15) is 12.1 Å². The Hall–Kier alpha value is -1.97. The van der Waals surface area contributed by atoms with E-state index in [0.717, 1.165) is 42.9 Å². The summed E-state index contributed by atoms with van der Waals surface area (Å²) in [5.74, 6) is 0.544. The van der Waals surface area contributed by atoms with Gasteiger partial charge in [0.05, 0.1) is 11.6 Å². The summed E-state index contributed by atoms with van der Waals surface area (Å²) >= 11 is 0. The fraction of sp³-hybridized carbons (Fsp3) is 0.438. The van der Waals surface area contributed by atoms with Gasteiger partial charge in [-0.1, -0.05) is 12.1 Å². The van der Waals surface area contributed by atoms with Gasteiger partial charge in [0.15, 0.2) is 0 Å². The average molecular weight is 270 g/mol. The summed E-state index contributed by atoms with van der Waals surface area (Å²) < 4.78 is 2.01. The third-order valence-corrected chi connectivity index (χ3v) is 4.33. The molecule has 0 N–H and O–H groups in total. The number of aromatic nitrogens is 2. The van der Waals surface area contributed by atoms with Gasteiger partial charge in [0.25, 0.3) is 0 Å². The van der Waals surface area contributed by atoms with Crippen LogP contribution >= 0.6 is 0 Å². The Morgan fingerprint density at radius 2 is 2.05 bits per heavy atom. The van der Waals surface area contributed by atoms with Crippen molar-refractivity contribution in [2.24, 2.45) is 5.92 Å². The van der Waals surface area contributed by atoms with Gasteiger partial charge in [-0.05, 0) is 38.7 Å². The quantitative estimate of drug-likeness (QED) is 0.805. The summed E-state index contributed by atoms with van der Waals surface area (Å²) in [6, 6.07) is 5.94. The van der Waals surface area contributed by atoms with E-state index >= 15 is 0 Å². The van der Waals surface area contributed by atoms with E-state index < -0.39 is 0 Å². The molecule has 1 aliphatic carbocycles. The Balaban J connectivity index is 1.81. The minimum absolute atomic E-state index is 0.234. The van der Waals surface area contributed by atoms with Gasteiger partial charge < -0.3 is 0 Å². The molecule has 0 unspecified atom stereocenters. The van der Waals surface area contributed by atoms with E-state index in [9.17, 15) is 9.59 Å². The predicted molar refractivity (Wildman–Crippen MR) is 76.8 cm³/mol. The van der Waals surface area contributed by atoms with E-state index in [2.05, 4.69) is 5.10 Å². The highest BCUT2D eigenvalue weighted by atomic mass is 16.1. The second-order valence-corrected chi connectivity index (χ2v) is 5.66. The van der Waals surface area contributed by atoms with Gasteiger partial charge in [-0.2, -0.15) is 5.10 Å². The lowest BCUT2D eigenvalue weighted by molar-refractivity contribution is -0.121. The van der Waals surface area contributed by atoms with Crippen LogP contribution in [-0.4, -0.2) is 21.8 Å². The molecular formula is C16H18N2O2. The maximum atomic E-state index is 11.4. The molecule has 1 heterocycles. The van der Waals surface area contributed by atoms with Crippen molar-refractivity contribution in [1.82, 2.24) is 9.78 Å². The van der Waals surface area contributed by atoms with Gasteiger partial charge in [-0.15, -0.1) is 0 Å². The number of carbonyl (C=O) groups excluding carboxylic acids is 2. The number of hydrogen-bond acceptors (Lipinski definition) is 3. The number of carbonyl (C=O) groups is 2. The Morgan fingerprint density at radius 1 is 1.30 bits per heavy atom. The van der Waals surface area contributed by atoms with Crippen molar-refractivity contribution in [2.45, 2.75) is 38.6 Å². The second kappa shape index (κ2) is 5.19. The Kier molecular flexibility index (Phi) is 3.38. The highest BCUT2D eigenvalue weighted by Gasteiger charge is 2.25. The first-order chi connectivity index (χ1) is 9.67. The minimum Gasteiger partial charge on any atom is -0.300 e. The zero-order chi connectivity index (χ0) is 14.1. The molecule has 1 aromatic carbocycles. The highest BCUT2D eigenvalue weighted by molar-refractivity contribution is 5.86. The number of nitrogens with zero attached hydrogens (tertiary/aromatic N) is 2. The first-order valence-corrected chi connectivity index (χ1v) is 7.12. The van der Waals surface area contributed by atoms with Crippen LogP contribution < -0.4 is 0 Å². The van der Waals surface area contributed by atoms with Crippen molar-refractivity contribution in [3.63, 3.8) is 0 Å². The Morgan fingerprint density at radius 3 is 2.70 bits per heavy atom. The molecule has 1 aromatic heterocycles. The Bertz CT molecular complexity index is 652. The summed E-state index contributed by atoms with van der Waals surface area (Å²) in [4.78, 5) is 22.2. The van der Waals surface area contributed by atoms with Crippen LogP contribution in [0, 0.1) is 5.92 Å². The molecule has 0 spiro atoms. The fourth-order valence-electron chi connectivity index (χ4n) is 3.06. The molecule has 0 atom stereocenters. The first-order valence-electron chi connectivity index (χ1n) is 7.12. The molecule has 4 nitrogen and oxygen atoms in total. The van der Waals surface area contributed by atoms with Gasteiger partial charge in [-0.25, -0.2) is 0 Å². The van der Waals surface area contributed by atoms with E-state index in [-0.39, 0.29) is 5.92 Å². The monoisotopic (exact) mass is 270 g/mol. The number of rotatable bonds is 3. The lowest BCUT2D eigenvalue weighted by Gasteiger charge is -2.27. The zero-order valence-corrected chi connectivity index (χ0v) is 11.6. The van der Waals surface area contributed by atoms with E-state index in [0.29, 0.717) is 17.4 Å². The average Bonchev–Trinajstić information content (AvgIpc) is 2.90. The molecule has 0 radical (unpaired) electrons. The van der Waals surface area contributed by atoms with Crippen molar-refractivity contribution in [1.29, 1.82) is 0 Å². The summed E-state index contributed by atoms with van der Waals surface area (Å²) in [5.41, 5.74) is 1.52. The van der Waals surface area contributed by atoms with Gasteiger partial charge in [0.2, 0.25) is 0 Å². The number of benzene rings is 1. The van der Waals surface area contributed by atoms with Gasteiger partial charge in [0, 0.05) is 23.1 Å². The molecule has 1 aliphatic rings. The summed E-state index contributed by atoms with van der Waals surface area (Å²) in [7, 11) is 0. The van der Waals surface area contributed by atoms with Crippen molar-refractivity contribution in [2.75, 3.05) is 0 Å². The predicted octanol–water partition coefficient (Wildman–Crippen LogP) is 3.17. The Labute approximate surface area is 117 Å². The lowest BCUT2D eigenvalue weighted by atomic mass is 9.84. The van der Waals surface area contributed by atoms with Gasteiger partial charge in [-0.3, -0.25) is 14.3 Å². The topological polar surface area (TPSA) is 52.0 Å². The number of ketones is 1. The van der Waals surface area contributed by atoms with Crippen LogP contribution in [0.1, 0.15) is 49.0 Å². The summed E-state index contributed by atoms with van der Waals surface area (Å²) in [6.07, 6.45) is 6.79. The zero-order valence-electron chi connectivity index (χ0n) is 11.6. The molecule has 1 fully saturated rings. The number of hydrogen-bond donors (Lipinski definition) is 0. The SMILES string of the molecule is CC(=O)C1CCC(n2cc3ccc(C=O)cc3n2)CC1. The van der Waals surface area contributed by atoms with E-state index in [4.69, 9.17) is 0 Å². The van der Waals surface area contributed by atoms with Gasteiger partial charge >= 0.3 is 0 Å². The molecular weight excluding hydrogens is 252 g/mol. The highest BCUT2D eigenvalue weighted by Crippen LogP contribution is 2.33. The maximum Gasteiger partial charge on any atom is 0.150 e. The summed E-state index contributed by atoms with van der Waals surface area (Å²) in [5, 5.41) is 5.65. The number of aldehydes is 1. The standard InChI is InChI=1S/C16H18N2O2/c1-11(20)13-4-6-15(7-5-13)18-9-14-3-2-12(10-19)8-16(14)17-18/h2-3,8-10,13,15H,4-7H2,1H3. The molecule has 2 aromatic rings. The lowest BCUT2D eigenvalue weighted by Crippen LogP contribution is -2.22. The van der Waals surface area contributed by atoms with Crippen LogP contribution in [0.15, 0.2) is 24.4 Å². The van der Waals surface area contributed by atoms with Crippen molar-refractivity contribution in [3.8, 4) is 0 Å². The molecule has 0 saturated heterocycles. The van der Waals surface area contributed by atoms with E-state index in [1.54, 1.807) is 6.92 Å². The first kappa shape index (κ1) is 13.0. The largest absolute Gasteiger partial charge is 0.300 e. The smallest absolute Gasteiger partial charge is 0.150 e. The van der Waals surface area contributed by atoms with Crippen LogP contribution in [0.3, 0.4) is 0 Å². The molecule has 4 heteroatoms. The number of fused-ring (bicyclic) bond motifs is 1. The van der Waals surface area contributed by atoms with Crippen LogP contribution in [0.25, 0.3) is 10.9 Å². The third-order valence-electron chi connectivity index (χ3n) is 4.33. The molecule has 1 saturated carbocycles. The van der Waals surface area contributed by atoms with Crippen molar-refractivity contribution < 1.29 is 9.59 Å². The van der Waals surface area contributed by atoms with E-state index in [1.165, 1.54) is 0 Å². The molecule has 3 rings (SSSR count). The number of Topliss-reactive ketones (excluding diaryl/α,β-unsaturated/α-hetero) is 1. The molecule has 0 aliphatic heterocycles. The second-order valence-electron chi connectivity index (χ2n) is 5.66. The fourth-order valence-corrected chi connectivity index (χ4v) is 3.06. The van der Waals surface area contributed by atoms with Crippen LogP contribution in [0.4, 0.5) is 0 Å². The normalized spacial score (nSPS) is 22.9. The third kappa shape index (κ3) is 2.38. The van der Waals surface area contributed by atoms with Crippen LogP contribution in [0.2, 0.25) is 0 Å². The minimum atomic E-state index is 0.234. The van der Waals surface area contributed by atoms with Crippen molar-refractivity contribution in [3.05, 3.63) is 30.0 Å². The van der Waals surface area contributed by atoms with Crippen molar-refractivity contribution >= 4 is 23.0 Å². The summed E-state index contributed by atoms with van der Waals surface area (Å²) in [6.45, 7) is 1.69. The molecule has 104 valence electrons. The molecule has 20 heavy (non-hydrogen) atoms. The van der Waals surface area contributed by atoms with Crippen LogP contribution in [0.5, 0.6) is 0 Å².